The molecule has 4 rings (SSSR count). The zero-order chi connectivity index (χ0) is 55.6. The summed E-state index contributed by atoms with van der Waals surface area (Å²) in [5.41, 5.74) is 0.0294. The Balaban J connectivity index is 1.63. The molecule has 0 spiro atoms. The van der Waals surface area contributed by atoms with E-state index < -0.39 is 39.6 Å². The lowest BCUT2D eigenvalue weighted by molar-refractivity contribution is -0.137. The van der Waals surface area contributed by atoms with Gasteiger partial charge in [0.1, 0.15) is 10.6 Å². The van der Waals surface area contributed by atoms with E-state index in [-0.39, 0.29) is 45.1 Å². The molecule has 3 amide bonds. The fourth-order valence-electron chi connectivity index (χ4n) is 11.1. The first-order valence-electron chi connectivity index (χ1n) is 29.6. The summed E-state index contributed by atoms with van der Waals surface area (Å²) in [4.78, 5) is 49.1. The SMILES string of the molecule is CCCCCCCCCCCCCCCCCCN1C(C(C(=O)Nc2ccc(C(C)(C)C)cc2OCC(CCC(CC)CC(C)(C)C)CC(CC)CC(C)(C)C)N2C(=O)OC(C)(C)C2=O)=Nc2ccccc2S1(=O)=O. The van der Waals surface area contributed by atoms with Crippen LogP contribution in [0.3, 0.4) is 0 Å². The molecule has 2 aromatic rings. The zero-order valence-electron chi connectivity index (χ0n) is 49.6. The number of imide groups is 1. The Morgan fingerprint density at radius 3 is 1.73 bits per heavy atom. The van der Waals surface area contributed by atoms with E-state index in [0.717, 1.165) is 85.4 Å². The lowest BCUT2D eigenvalue weighted by atomic mass is 9.77. The summed E-state index contributed by atoms with van der Waals surface area (Å²) in [6, 6.07) is 10.3. The smallest absolute Gasteiger partial charge is 0.418 e. The number of hydrogen-bond acceptors (Lipinski definition) is 8. The Hall–Kier alpha value is -3.93. The second-order valence-electron chi connectivity index (χ2n) is 26.3. The second kappa shape index (κ2) is 29.2. The number of aliphatic imine (C=N–C) groups is 1. The van der Waals surface area contributed by atoms with E-state index in [9.17, 15) is 18.0 Å². The van der Waals surface area contributed by atoms with Crippen LogP contribution in [0.4, 0.5) is 16.2 Å². The third-order valence-corrected chi connectivity index (χ3v) is 17.2. The number of hydrogen-bond donors (Lipinski definition) is 1. The molecule has 2 aliphatic rings. The Labute approximate surface area is 457 Å². The maximum Gasteiger partial charge on any atom is 0.418 e. The van der Waals surface area contributed by atoms with Crippen molar-refractivity contribution in [1.29, 1.82) is 0 Å². The van der Waals surface area contributed by atoms with Crippen LogP contribution >= 0.6 is 0 Å². The van der Waals surface area contributed by atoms with Gasteiger partial charge >= 0.3 is 6.09 Å². The molecule has 1 fully saturated rings. The number of carbonyl (C=O) groups excluding carboxylic acids is 3. The molecule has 1 saturated heterocycles. The minimum absolute atomic E-state index is 0.000425. The van der Waals surface area contributed by atoms with Gasteiger partial charge in [-0.05, 0) is 110 Å². The van der Waals surface area contributed by atoms with E-state index in [1.807, 2.05) is 18.2 Å². The molecular formula is C63H104N4O7S. The Kier molecular flexibility index (Phi) is 24.7. The van der Waals surface area contributed by atoms with Crippen LogP contribution in [-0.2, 0) is 29.8 Å². The molecule has 4 unspecified atom stereocenters. The van der Waals surface area contributed by atoms with Crippen molar-refractivity contribution in [3.8, 4) is 5.75 Å². The van der Waals surface area contributed by atoms with E-state index in [2.05, 4.69) is 88.4 Å². The van der Waals surface area contributed by atoms with Crippen molar-refractivity contribution in [3.05, 3.63) is 48.0 Å². The number of ether oxygens (including phenoxy) is 2. The van der Waals surface area contributed by atoms with Crippen LogP contribution in [0.2, 0.25) is 0 Å². The standard InChI is InChI=1S/C63H104N4O7S/c1-15-18-19-20-21-22-23-24-25-26-27-28-29-30-31-34-41-66-56(64-52-35-32-33-36-54(52)75(66,71)72)55(67-58(69)63(13,14)74-59(67)70)57(68)65-51-40-39-50(62(10,11)12)43-53(51)73-46-49(42-48(17-3)45-61(7,8)9)38-37-47(16-2)44-60(4,5)6/h32-33,35-36,39-40,43,47-49,55H,15-31,34,37-38,41-42,44-46H2,1-14H3,(H,65,68). The fraction of sp³-hybridized carbons (Fsp3) is 0.746. The van der Waals surface area contributed by atoms with Crippen LogP contribution in [0.15, 0.2) is 52.4 Å². The molecule has 0 radical (unpaired) electrons. The largest absolute Gasteiger partial charge is 0.491 e. The Morgan fingerprint density at radius 1 is 0.707 bits per heavy atom. The number of anilines is 1. The summed E-state index contributed by atoms with van der Waals surface area (Å²) in [7, 11) is -4.29. The molecule has 0 aliphatic carbocycles. The molecule has 11 nitrogen and oxygen atoms in total. The van der Waals surface area contributed by atoms with E-state index in [0.29, 0.717) is 36.3 Å². The van der Waals surface area contributed by atoms with Crippen LogP contribution in [0.1, 0.15) is 250 Å². The number of rotatable bonds is 33. The van der Waals surface area contributed by atoms with Gasteiger partial charge in [0.15, 0.2) is 17.5 Å². The number of carbonyl (C=O) groups is 3. The summed E-state index contributed by atoms with van der Waals surface area (Å²) < 4.78 is 43.2. The van der Waals surface area contributed by atoms with Gasteiger partial charge in [-0.3, -0.25) is 13.9 Å². The lowest BCUT2D eigenvalue weighted by Gasteiger charge is -2.35. The molecule has 1 N–H and O–H groups in total. The summed E-state index contributed by atoms with van der Waals surface area (Å²) in [5, 5.41) is 3.05. The number of nitrogens with one attached hydrogen (secondary N) is 1. The Bertz CT molecular complexity index is 2250. The van der Waals surface area contributed by atoms with Gasteiger partial charge in [0, 0.05) is 6.54 Å². The molecule has 75 heavy (non-hydrogen) atoms. The van der Waals surface area contributed by atoms with Crippen molar-refractivity contribution in [2.75, 3.05) is 18.5 Å². The van der Waals surface area contributed by atoms with Crippen LogP contribution in [0.25, 0.3) is 0 Å². The number of sulfonamides is 1. The normalized spacial score (nSPS) is 17.3. The van der Waals surface area contributed by atoms with Crippen LogP contribution in [0.5, 0.6) is 5.75 Å². The molecule has 2 heterocycles. The number of benzene rings is 2. The van der Waals surface area contributed by atoms with Gasteiger partial charge in [0.25, 0.3) is 21.8 Å². The van der Waals surface area contributed by atoms with Crippen LogP contribution in [0, 0.1) is 28.6 Å². The predicted molar refractivity (Wildman–Crippen MR) is 310 cm³/mol. The van der Waals surface area contributed by atoms with Gasteiger partial charge < -0.3 is 14.8 Å². The van der Waals surface area contributed by atoms with Crippen molar-refractivity contribution in [2.45, 2.75) is 267 Å². The van der Waals surface area contributed by atoms with Crippen molar-refractivity contribution in [3.63, 3.8) is 0 Å². The Morgan fingerprint density at radius 2 is 1.23 bits per heavy atom. The topological polar surface area (TPSA) is 135 Å². The second-order valence-corrected chi connectivity index (χ2v) is 28.1. The maximum absolute atomic E-state index is 15.3. The molecule has 0 bridgehead atoms. The van der Waals surface area contributed by atoms with Crippen molar-refractivity contribution >= 4 is 45.1 Å². The highest BCUT2D eigenvalue weighted by molar-refractivity contribution is 7.90. The average Bonchev–Trinajstić information content (AvgIpc) is 3.52. The highest BCUT2D eigenvalue weighted by Crippen LogP contribution is 2.40. The van der Waals surface area contributed by atoms with Crippen molar-refractivity contribution in [2.24, 2.45) is 33.6 Å². The molecule has 2 aliphatic heterocycles. The molecule has 0 saturated carbocycles. The highest BCUT2D eigenvalue weighted by Gasteiger charge is 2.55. The van der Waals surface area contributed by atoms with Crippen LogP contribution in [-0.4, -0.2) is 66.2 Å². The van der Waals surface area contributed by atoms with Gasteiger partial charge in [-0.15, -0.1) is 0 Å². The highest BCUT2D eigenvalue weighted by atomic mass is 32.2. The number of para-hydroxylation sites is 1. The van der Waals surface area contributed by atoms with Crippen molar-refractivity contribution < 1.29 is 32.3 Å². The molecular weight excluding hydrogens is 957 g/mol. The van der Waals surface area contributed by atoms with E-state index in [1.54, 1.807) is 18.2 Å². The minimum atomic E-state index is -4.29. The van der Waals surface area contributed by atoms with Gasteiger partial charge in [-0.25, -0.2) is 23.1 Å². The average molecular weight is 1060 g/mol. The minimum Gasteiger partial charge on any atom is -0.491 e. The summed E-state index contributed by atoms with van der Waals surface area (Å²) >= 11 is 0. The summed E-state index contributed by atoms with van der Waals surface area (Å²) in [6.07, 6.45) is 25.3. The van der Waals surface area contributed by atoms with Crippen molar-refractivity contribution in [1.82, 2.24) is 9.21 Å². The molecule has 0 aromatic heterocycles. The monoisotopic (exact) mass is 1060 g/mol. The summed E-state index contributed by atoms with van der Waals surface area (Å²) in [6.45, 7) is 30.5. The number of amides is 3. The van der Waals surface area contributed by atoms with E-state index in [1.165, 1.54) is 90.5 Å². The molecule has 424 valence electrons. The number of nitrogens with zero attached hydrogens (tertiary/aromatic N) is 3. The number of cyclic esters (lactones) is 1. The first-order chi connectivity index (χ1) is 35.2. The number of unbranched alkanes of at least 4 members (excludes halogenated alkanes) is 15. The first-order valence-corrected chi connectivity index (χ1v) is 31.0. The zero-order valence-corrected chi connectivity index (χ0v) is 50.5. The number of fused-ring (bicyclic) bond motifs is 1. The molecule has 4 atom stereocenters. The predicted octanol–water partition coefficient (Wildman–Crippen LogP) is 17.1. The van der Waals surface area contributed by atoms with Gasteiger partial charge in [-0.2, -0.15) is 0 Å². The summed E-state index contributed by atoms with van der Waals surface area (Å²) in [5.74, 6) is 0.0252. The van der Waals surface area contributed by atoms with Gasteiger partial charge in [-0.1, -0.05) is 217 Å². The lowest BCUT2D eigenvalue weighted by Crippen LogP contribution is -2.59. The third kappa shape index (κ3) is 20.1. The van der Waals surface area contributed by atoms with E-state index >= 15 is 4.79 Å². The number of amidine groups is 1. The van der Waals surface area contributed by atoms with Crippen LogP contribution < -0.4 is 10.1 Å². The first kappa shape index (κ1) is 63.6. The maximum atomic E-state index is 15.3. The molecule has 2 aromatic carbocycles. The fourth-order valence-corrected chi connectivity index (χ4v) is 12.7. The quantitative estimate of drug-likeness (QED) is 0.0703. The van der Waals surface area contributed by atoms with Gasteiger partial charge in [0.2, 0.25) is 0 Å². The third-order valence-electron chi connectivity index (χ3n) is 15.3. The van der Waals surface area contributed by atoms with E-state index in [4.69, 9.17) is 14.5 Å². The van der Waals surface area contributed by atoms with Gasteiger partial charge in [0.05, 0.1) is 18.0 Å². The molecule has 12 heteroatoms.